The Morgan fingerprint density at radius 3 is 2.96 bits per heavy atom. The van der Waals surface area contributed by atoms with E-state index in [0.717, 1.165) is 11.3 Å². The fraction of sp³-hybridized carbons (Fsp3) is 0.500. The molecule has 0 amide bonds. The highest BCUT2D eigenvalue weighted by atomic mass is 32.1. The smallest absolute Gasteiger partial charge is 0.303 e. The van der Waals surface area contributed by atoms with Crippen LogP contribution in [0.15, 0.2) is 4.79 Å². The van der Waals surface area contributed by atoms with Crippen LogP contribution in [0.1, 0.15) is 13.2 Å². The van der Waals surface area contributed by atoms with Crippen LogP contribution in [0.25, 0.3) is 10.3 Å². The molecule has 12 heteroatoms. The Morgan fingerprint density at radius 1 is 1.62 bits per heavy atom. The zero-order valence-electron chi connectivity index (χ0n) is 12.3. The zero-order valence-corrected chi connectivity index (χ0v) is 14.0. The molecule has 3 heterocycles. The molecule has 2 aromatic heterocycles. The molecule has 3 rings (SSSR count). The van der Waals surface area contributed by atoms with Gasteiger partial charge in [0.1, 0.15) is 16.9 Å². The fourth-order valence-corrected chi connectivity index (χ4v) is 3.85. The highest BCUT2D eigenvalue weighted by molar-refractivity contribution is 7.73. The minimum Gasteiger partial charge on any atom is -0.455 e. The molecule has 0 saturated carbocycles. The maximum absolute atomic E-state index is 12.0. The fourth-order valence-electron chi connectivity index (χ4n) is 2.57. The first-order valence-corrected chi connectivity index (χ1v) is 8.08. The molecule has 0 aliphatic carbocycles. The number of carbonyl (C=O) groups excluding carboxylic acids is 1. The SMILES string of the molecule is CC(=O)O[C@@H]1[C@H](O)[C@@H](CO)O[C@H]1n1c(=S)sc2c(=O)[nH]c(N)nc21. The number of anilines is 1. The van der Waals surface area contributed by atoms with Gasteiger partial charge in [0, 0.05) is 6.92 Å². The second-order valence-corrected chi connectivity index (χ2v) is 6.80. The molecule has 0 aromatic carbocycles. The summed E-state index contributed by atoms with van der Waals surface area (Å²) in [5.41, 5.74) is 5.26. The molecule has 4 atom stereocenters. The summed E-state index contributed by atoms with van der Waals surface area (Å²) in [4.78, 5) is 29.7. The van der Waals surface area contributed by atoms with E-state index in [9.17, 15) is 19.8 Å². The van der Waals surface area contributed by atoms with Crippen LogP contribution in [0.3, 0.4) is 0 Å². The van der Waals surface area contributed by atoms with Crippen molar-refractivity contribution in [1.82, 2.24) is 14.5 Å². The minimum atomic E-state index is -1.26. The molecule has 5 N–H and O–H groups in total. The van der Waals surface area contributed by atoms with Gasteiger partial charge in [-0.25, -0.2) is 0 Å². The molecule has 24 heavy (non-hydrogen) atoms. The third-order valence-electron chi connectivity index (χ3n) is 3.54. The maximum Gasteiger partial charge on any atom is 0.303 e. The maximum atomic E-state index is 12.0. The number of nitrogens with two attached hydrogens (primary N) is 1. The molecular weight excluding hydrogens is 360 g/mol. The van der Waals surface area contributed by atoms with E-state index >= 15 is 0 Å². The van der Waals surface area contributed by atoms with Crippen LogP contribution in [-0.4, -0.2) is 55.6 Å². The van der Waals surface area contributed by atoms with Crippen LogP contribution >= 0.6 is 23.6 Å². The number of esters is 1. The molecule has 1 aliphatic rings. The lowest BCUT2D eigenvalue weighted by Gasteiger charge is -2.21. The van der Waals surface area contributed by atoms with Crippen molar-refractivity contribution < 1.29 is 24.5 Å². The molecule has 1 fully saturated rings. The van der Waals surface area contributed by atoms with Gasteiger partial charge in [0.05, 0.1) is 6.61 Å². The number of aliphatic hydroxyl groups is 2. The van der Waals surface area contributed by atoms with E-state index in [1.54, 1.807) is 0 Å². The molecule has 10 nitrogen and oxygen atoms in total. The lowest BCUT2D eigenvalue weighted by Crippen LogP contribution is -2.36. The number of aromatic amines is 1. The molecule has 1 saturated heterocycles. The van der Waals surface area contributed by atoms with Gasteiger partial charge in [0.25, 0.3) is 5.56 Å². The highest BCUT2D eigenvalue weighted by Gasteiger charge is 2.47. The Labute approximate surface area is 143 Å². The molecular formula is C12H14N4O6S2. The van der Waals surface area contributed by atoms with Crippen molar-refractivity contribution >= 4 is 45.8 Å². The topological polar surface area (TPSA) is 153 Å². The summed E-state index contributed by atoms with van der Waals surface area (Å²) >= 11 is 6.24. The molecule has 0 bridgehead atoms. The predicted octanol–water partition coefficient (Wildman–Crippen LogP) is -0.720. The second-order valence-electron chi connectivity index (χ2n) is 5.15. The summed E-state index contributed by atoms with van der Waals surface area (Å²) in [6.07, 6.45) is -4.40. The van der Waals surface area contributed by atoms with Crippen molar-refractivity contribution in [1.29, 1.82) is 0 Å². The van der Waals surface area contributed by atoms with Gasteiger partial charge in [0.15, 0.2) is 21.9 Å². The Bertz CT molecular complexity index is 905. The Kier molecular flexibility index (Phi) is 4.40. The molecule has 1 aliphatic heterocycles. The first kappa shape index (κ1) is 17.0. The summed E-state index contributed by atoms with van der Waals surface area (Å²) in [6, 6.07) is 0. The van der Waals surface area contributed by atoms with Crippen molar-refractivity contribution in [3.8, 4) is 0 Å². The van der Waals surface area contributed by atoms with Crippen molar-refractivity contribution in [3.63, 3.8) is 0 Å². The number of nitrogens with one attached hydrogen (secondary N) is 1. The number of aliphatic hydroxyl groups excluding tert-OH is 2. The third-order valence-corrected chi connectivity index (χ3v) is 4.93. The van der Waals surface area contributed by atoms with Gasteiger partial charge in [-0.15, -0.1) is 0 Å². The minimum absolute atomic E-state index is 0.115. The van der Waals surface area contributed by atoms with Gasteiger partial charge in [0.2, 0.25) is 5.95 Å². The summed E-state index contributed by atoms with van der Waals surface area (Å²) in [5, 5.41) is 19.5. The van der Waals surface area contributed by atoms with Crippen LogP contribution in [0.5, 0.6) is 0 Å². The standard InChI is InChI=1S/C12H14N4O6S2/c1-3(18)21-6-5(19)4(2-17)22-10(6)16-8-7(24-12(16)23)9(20)15-11(13)14-8/h4-6,10,17,19H,2H2,1H3,(H3,13,14,15,20)/t4-,5-,6-,10-/m1/s1. The van der Waals surface area contributed by atoms with Crippen LogP contribution in [0, 0.1) is 3.95 Å². The van der Waals surface area contributed by atoms with Gasteiger partial charge in [-0.2, -0.15) is 4.98 Å². The summed E-state index contributed by atoms with van der Waals surface area (Å²) < 4.78 is 12.5. The average molecular weight is 374 g/mol. The van der Waals surface area contributed by atoms with Crippen molar-refractivity contribution in [2.75, 3.05) is 12.3 Å². The van der Waals surface area contributed by atoms with E-state index in [0.29, 0.717) is 0 Å². The number of H-pyrrole nitrogens is 1. The number of nitrogens with zero attached hydrogens (tertiary/aromatic N) is 2. The number of rotatable bonds is 3. The summed E-state index contributed by atoms with van der Waals surface area (Å²) in [6.45, 7) is 0.697. The van der Waals surface area contributed by atoms with Crippen LogP contribution in [0.2, 0.25) is 0 Å². The third kappa shape index (κ3) is 2.71. The monoisotopic (exact) mass is 374 g/mol. The average Bonchev–Trinajstić information content (AvgIpc) is 2.97. The quantitative estimate of drug-likeness (QED) is 0.403. The summed E-state index contributed by atoms with van der Waals surface area (Å²) in [7, 11) is 0. The van der Waals surface area contributed by atoms with Crippen molar-refractivity contribution in [2.45, 2.75) is 31.5 Å². The number of carbonyl (C=O) groups is 1. The van der Waals surface area contributed by atoms with Gasteiger partial charge < -0.3 is 25.4 Å². The van der Waals surface area contributed by atoms with Crippen molar-refractivity contribution in [3.05, 3.63) is 14.3 Å². The molecule has 0 unspecified atom stereocenters. The number of thiazole rings is 1. The van der Waals surface area contributed by atoms with E-state index in [1.807, 2.05) is 0 Å². The lowest BCUT2D eigenvalue weighted by atomic mass is 10.1. The number of ether oxygens (including phenoxy) is 2. The number of hydrogen-bond acceptors (Lipinski definition) is 10. The first-order chi connectivity index (χ1) is 11.3. The van der Waals surface area contributed by atoms with E-state index in [-0.39, 0.29) is 20.2 Å². The van der Waals surface area contributed by atoms with Crippen molar-refractivity contribution in [2.24, 2.45) is 0 Å². The largest absolute Gasteiger partial charge is 0.455 e. The van der Waals surface area contributed by atoms with Crippen LogP contribution in [0.4, 0.5) is 5.95 Å². The normalized spacial score (nSPS) is 26.8. The number of nitrogen functional groups attached to an aromatic ring is 1. The highest BCUT2D eigenvalue weighted by Crippen LogP contribution is 2.35. The molecule has 130 valence electrons. The van der Waals surface area contributed by atoms with E-state index in [2.05, 4.69) is 9.97 Å². The molecule has 0 spiro atoms. The van der Waals surface area contributed by atoms with Crippen LogP contribution < -0.4 is 11.3 Å². The van der Waals surface area contributed by atoms with E-state index in [4.69, 9.17) is 27.4 Å². The Morgan fingerprint density at radius 2 is 2.33 bits per heavy atom. The van der Waals surface area contributed by atoms with Gasteiger partial charge >= 0.3 is 5.97 Å². The lowest BCUT2D eigenvalue weighted by molar-refractivity contribution is -0.155. The van der Waals surface area contributed by atoms with Gasteiger partial charge in [-0.1, -0.05) is 11.3 Å². The first-order valence-electron chi connectivity index (χ1n) is 6.86. The second kappa shape index (κ2) is 6.22. The number of aromatic nitrogens is 3. The Hall–Kier alpha value is -1.86. The van der Waals surface area contributed by atoms with Crippen LogP contribution in [-0.2, 0) is 14.3 Å². The number of fused-ring (bicyclic) bond motifs is 1. The van der Waals surface area contributed by atoms with Gasteiger partial charge in [-0.3, -0.25) is 19.1 Å². The summed E-state index contributed by atoms with van der Waals surface area (Å²) in [5.74, 6) is -0.752. The predicted molar refractivity (Wildman–Crippen MR) is 86.0 cm³/mol. The zero-order chi connectivity index (χ0) is 17.6. The Balaban J connectivity index is 2.17. The molecule has 0 radical (unpaired) electrons. The van der Waals surface area contributed by atoms with E-state index in [1.165, 1.54) is 11.5 Å². The van der Waals surface area contributed by atoms with Gasteiger partial charge in [-0.05, 0) is 12.2 Å². The molecule has 2 aromatic rings. The van der Waals surface area contributed by atoms with E-state index < -0.39 is 42.7 Å². The number of hydrogen-bond donors (Lipinski definition) is 4.